The summed E-state index contributed by atoms with van der Waals surface area (Å²) >= 11 is 6.78. The molecule has 3 heterocycles. The number of carbonyl (C=O) groups is 3. The van der Waals surface area contributed by atoms with Gasteiger partial charge in [-0.1, -0.05) is 48.2 Å². The Balaban J connectivity index is 1.25. The minimum Gasteiger partial charge on any atom is -0.492 e. The average molecular weight is 673 g/mol. The molecule has 2 saturated heterocycles. The van der Waals surface area contributed by atoms with Gasteiger partial charge in [0.15, 0.2) is 0 Å². The summed E-state index contributed by atoms with van der Waals surface area (Å²) in [6.07, 6.45) is 2.33. The minimum absolute atomic E-state index is 0.0906. The number of aromatic carboxylic acids is 1. The lowest BCUT2D eigenvalue weighted by Crippen LogP contribution is -2.38. The maximum Gasteiger partial charge on any atom is 0.335 e. The van der Waals surface area contributed by atoms with Crippen LogP contribution in [0.3, 0.4) is 0 Å². The number of thiocarbonyl (C=S) groups is 1. The van der Waals surface area contributed by atoms with Crippen molar-refractivity contribution in [3.05, 3.63) is 88.0 Å². The number of carboxylic acid groups (broad SMARTS) is 1. The Hall–Kier alpha value is -4.69. The number of thioether (sulfide) groups is 1. The largest absolute Gasteiger partial charge is 0.492 e. The number of rotatable bonds is 11. The first kappa shape index (κ1) is 32.3. The highest BCUT2D eigenvalue weighted by Gasteiger charge is 2.31. The number of benzene rings is 3. The van der Waals surface area contributed by atoms with Crippen molar-refractivity contribution in [3.8, 4) is 16.9 Å². The number of nitrogens with zero attached hydrogens (tertiary/aromatic N) is 2. The van der Waals surface area contributed by atoms with Gasteiger partial charge in [0.05, 0.1) is 29.4 Å². The number of furan rings is 1. The molecular weight excluding hydrogens is 641 g/mol. The predicted octanol–water partition coefficient (Wildman–Crippen LogP) is 4.63. The van der Waals surface area contributed by atoms with Gasteiger partial charge in [-0.3, -0.25) is 19.4 Å². The predicted molar refractivity (Wildman–Crippen MR) is 184 cm³/mol. The van der Waals surface area contributed by atoms with E-state index in [9.17, 15) is 14.4 Å². The van der Waals surface area contributed by atoms with Gasteiger partial charge in [0.1, 0.15) is 22.3 Å². The number of nitrogen functional groups attached to an aromatic ring is 1. The fourth-order valence-electron chi connectivity index (χ4n) is 5.46. The molecule has 1 aromatic heterocycles. The summed E-state index contributed by atoms with van der Waals surface area (Å²) in [5, 5.41) is 9.69. The third kappa shape index (κ3) is 7.18. The summed E-state index contributed by atoms with van der Waals surface area (Å²) in [7, 11) is 0. The van der Waals surface area contributed by atoms with E-state index in [1.54, 1.807) is 41.3 Å². The van der Waals surface area contributed by atoms with E-state index in [4.69, 9.17) is 42.7 Å². The number of nitrogens with two attached hydrogens (primary N) is 2. The summed E-state index contributed by atoms with van der Waals surface area (Å²) in [5.41, 5.74) is 15.7. The van der Waals surface area contributed by atoms with Crippen LogP contribution in [0.2, 0.25) is 0 Å². The molecule has 0 radical (unpaired) electrons. The third-order valence-electron chi connectivity index (χ3n) is 8.03. The molecule has 11 nitrogen and oxygen atoms in total. The van der Waals surface area contributed by atoms with Gasteiger partial charge < -0.3 is 30.5 Å². The zero-order valence-corrected chi connectivity index (χ0v) is 26.9. The van der Waals surface area contributed by atoms with Crippen LogP contribution < -0.4 is 16.2 Å². The van der Waals surface area contributed by atoms with Crippen molar-refractivity contribution in [1.82, 2.24) is 9.80 Å². The molecule has 0 spiro atoms. The van der Waals surface area contributed by atoms with Gasteiger partial charge in [-0.2, -0.15) is 0 Å². The van der Waals surface area contributed by atoms with Crippen LogP contribution in [0.1, 0.15) is 32.0 Å². The third-order valence-corrected chi connectivity index (χ3v) is 9.41. The lowest BCUT2D eigenvalue weighted by Gasteiger charge is -2.26. The standard InChI is InChI=1S/C34H32N4O7S2/c35-29-25-19-23(6-8-27(25)45-30(29)31(36)39)24-17-21(3-7-26(24)44-16-13-37-11-14-43-15-12-37)18-28-32(40)38(34(46)47-28)10-9-20-1-4-22(5-2-20)33(41)42/h1-8,17-19H,9-16,35H2,(H2,36,39)(H,41,42)/b28-18-. The van der Waals surface area contributed by atoms with Gasteiger partial charge in [-0.25, -0.2) is 4.79 Å². The van der Waals surface area contributed by atoms with Crippen LogP contribution in [0.25, 0.3) is 28.2 Å². The Bertz CT molecular complexity index is 1900. The molecule has 2 fully saturated rings. The Morgan fingerprint density at radius 2 is 1.81 bits per heavy atom. The normalized spacial score (nSPS) is 16.3. The van der Waals surface area contributed by atoms with Gasteiger partial charge in [0, 0.05) is 37.1 Å². The Labute approximate surface area is 280 Å². The first-order chi connectivity index (χ1) is 22.7. The summed E-state index contributed by atoms with van der Waals surface area (Å²) < 4.78 is 17.8. The van der Waals surface area contributed by atoms with Crippen molar-refractivity contribution >= 4 is 68.8 Å². The van der Waals surface area contributed by atoms with Crippen molar-refractivity contribution in [2.45, 2.75) is 6.42 Å². The number of amides is 2. The van der Waals surface area contributed by atoms with E-state index >= 15 is 0 Å². The number of primary amides is 1. The maximum absolute atomic E-state index is 13.4. The monoisotopic (exact) mass is 672 g/mol. The van der Waals surface area contributed by atoms with Gasteiger partial charge in [0.25, 0.3) is 11.8 Å². The average Bonchev–Trinajstić information content (AvgIpc) is 3.54. The molecule has 3 aromatic carbocycles. The fourth-order valence-corrected chi connectivity index (χ4v) is 6.77. The van der Waals surface area contributed by atoms with E-state index < -0.39 is 11.9 Å². The highest BCUT2D eigenvalue weighted by Crippen LogP contribution is 2.38. The number of hydrogen-bond donors (Lipinski definition) is 3. The summed E-state index contributed by atoms with van der Waals surface area (Å²) in [4.78, 5) is 40.7. The smallest absolute Gasteiger partial charge is 0.335 e. The molecular formula is C34H32N4O7S2. The molecule has 0 bridgehead atoms. The number of hydrogen-bond acceptors (Lipinski definition) is 10. The van der Waals surface area contributed by atoms with Gasteiger partial charge in [0.2, 0.25) is 5.76 Å². The number of fused-ring (bicyclic) bond motifs is 1. The highest BCUT2D eigenvalue weighted by molar-refractivity contribution is 8.26. The number of anilines is 1. The number of ether oxygens (including phenoxy) is 2. The van der Waals surface area contributed by atoms with Crippen LogP contribution in [0.5, 0.6) is 5.75 Å². The molecule has 0 saturated carbocycles. The molecule has 6 rings (SSSR count). The van der Waals surface area contributed by atoms with Crippen LogP contribution in [0.15, 0.2) is 70.0 Å². The molecule has 2 amide bonds. The van der Waals surface area contributed by atoms with Crippen molar-refractivity contribution in [2.75, 3.05) is 51.7 Å². The van der Waals surface area contributed by atoms with Crippen molar-refractivity contribution in [1.29, 1.82) is 0 Å². The number of carbonyl (C=O) groups excluding carboxylic acids is 2. The van der Waals surface area contributed by atoms with E-state index in [1.807, 2.05) is 30.3 Å². The first-order valence-electron chi connectivity index (χ1n) is 14.9. The summed E-state index contributed by atoms with van der Waals surface area (Å²) in [5.74, 6) is -1.37. The van der Waals surface area contributed by atoms with Crippen molar-refractivity contribution < 1.29 is 33.4 Å². The molecule has 2 aliphatic heterocycles. The van der Waals surface area contributed by atoms with Crippen molar-refractivity contribution in [3.63, 3.8) is 0 Å². The van der Waals surface area contributed by atoms with Crippen LogP contribution in [-0.4, -0.2) is 83.0 Å². The molecule has 2 aliphatic rings. The molecule has 0 atom stereocenters. The molecule has 242 valence electrons. The fraction of sp³-hybridized carbons (Fsp3) is 0.235. The van der Waals surface area contributed by atoms with E-state index in [1.165, 1.54) is 11.8 Å². The second kappa shape index (κ2) is 14.0. The van der Waals surface area contributed by atoms with E-state index in [0.717, 1.165) is 41.9 Å². The highest BCUT2D eigenvalue weighted by atomic mass is 32.2. The second-order valence-electron chi connectivity index (χ2n) is 11.1. The molecule has 4 aromatic rings. The SMILES string of the molecule is NC(=O)c1oc2ccc(-c3cc(/C=C4\SC(=S)N(CCc5ccc(C(=O)O)cc5)C4=O)ccc3OCCN3CCOCC3)cc2c1N. The maximum atomic E-state index is 13.4. The Kier molecular flexibility index (Phi) is 9.59. The Morgan fingerprint density at radius 3 is 2.53 bits per heavy atom. The summed E-state index contributed by atoms with van der Waals surface area (Å²) in [6.45, 7) is 4.68. The zero-order valence-electron chi connectivity index (χ0n) is 25.3. The van der Waals surface area contributed by atoms with Crippen molar-refractivity contribution in [2.24, 2.45) is 5.73 Å². The van der Waals surface area contributed by atoms with Crippen LogP contribution in [-0.2, 0) is 16.0 Å². The summed E-state index contributed by atoms with van der Waals surface area (Å²) in [6, 6.07) is 17.7. The minimum atomic E-state index is -0.988. The molecule has 47 heavy (non-hydrogen) atoms. The Morgan fingerprint density at radius 1 is 1.04 bits per heavy atom. The molecule has 5 N–H and O–H groups in total. The molecule has 0 unspecified atom stereocenters. The van der Waals surface area contributed by atoms with Gasteiger partial charge >= 0.3 is 5.97 Å². The van der Waals surface area contributed by atoms with E-state index in [0.29, 0.717) is 58.7 Å². The van der Waals surface area contributed by atoms with Gasteiger partial charge in [-0.15, -0.1) is 0 Å². The molecule has 13 heteroatoms. The van der Waals surface area contributed by atoms with Gasteiger partial charge in [-0.05, 0) is 65.6 Å². The number of carboxylic acids is 1. The quantitative estimate of drug-likeness (QED) is 0.150. The van der Waals surface area contributed by atoms with Crippen LogP contribution >= 0.6 is 24.0 Å². The van der Waals surface area contributed by atoms with Crippen LogP contribution in [0.4, 0.5) is 5.69 Å². The lowest BCUT2D eigenvalue weighted by molar-refractivity contribution is -0.122. The molecule has 0 aliphatic carbocycles. The number of morpholine rings is 1. The lowest BCUT2D eigenvalue weighted by atomic mass is 10.00. The van der Waals surface area contributed by atoms with E-state index in [2.05, 4.69) is 4.90 Å². The van der Waals surface area contributed by atoms with E-state index in [-0.39, 0.29) is 22.9 Å². The first-order valence-corrected chi connectivity index (χ1v) is 16.2. The topological polar surface area (TPSA) is 162 Å². The zero-order chi connectivity index (χ0) is 33.1. The second-order valence-corrected chi connectivity index (χ2v) is 12.7. The van der Waals surface area contributed by atoms with Crippen LogP contribution in [0, 0.1) is 0 Å².